The monoisotopic (exact) mass is 216 g/mol. The van der Waals surface area contributed by atoms with Crippen LogP contribution in [0.3, 0.4) is 0 Å². The van der Waals surface area contributed by atoms with E-state index in [9.17, 15) is 4.79 Å². The number of cyclic esters (lactones) is 1. The SMILES string of the molecule is COc1ccc(C=CC2=CC(=O)OC2)cc1. The van der Waals surface area contributed by atoms with Gasteiger partial charge in [0.2, 0.25) is 0 Å². The Kier molecular flexibility index (Phi) is 3.05. The maximum Gasteiger partial charge on any atom is 0.331 e. The molecule has 82 valence electrons. The van der Waals surface area contributed by atoms with E-state index in [1.807, 2.05) is 36.4 Å². The summed E-state index contributed by atoms with van der Waals surface area (Å²) in [6, 6.07) is 7.69. The van der Waals surface area contributed by atoms with E-state index in [2.05, 4.69) is 0 Å². The number of methoxy groups -OCH3 is 1. The number of rotatable bonds is 3. The predicted octanol–water partition coefficient (Wildman–Crippen LogP) is 2.19. The van der Waals surface area contributed by atoms with Crippen molar-refractivity contribution in [3.8, 4) is 5.75 Å². The van der Waals surface area contributed by atoms with Gasteiger partial charge in [-0.1, -0.05) is 24.3 Å². The zero-order chi connectivity index (χ0) is 11.4. The van der Waals surface area contributed by atoms with E-state index in [1.54, 1.807) is 7.11 Å². The number of carbonyl (C=O) groups excluding carboxylic acids is 1. The molecule has 2 rings (SSSR count). The molecular weight excluding hydrogens is 204 g/mol. The van der Waals surface area contributed by atoms with Gasteiger partial charge in [-0.2, -0.15) is 0 Å². The standard InChI is InChI=1S/C13H12O3/c1-15-12-6-4-10(5-7-12)2-3-11-8-13(14)16-9-11/h2-8H,9H2,1H3. The highest BCUT2D eigenvalue weighted by Gasteiger charge is 2.09. The Labute approximate surface area is 94.0 Å². The van der Waals surface area contributed by atoms with Crippen molar-refractivity contribution in [2.45, 2.75) is 0 Å². The molecule has 0 saturated carbocycles. The van der Waals surface area contributed by atoms with Gasteiger partial charge in [-0.25, -0.2) is 4.79 Å². The number of hydrogen-bond acceptors (Lipinski definition) is 3. The molecule has 0 unspecified atom stereocenters. The smallest absolute Gasteiger partial charge is 0.331 e. The van der Waals surface area contributed by atoms with Crippen LogP contribution in [0.2, 0.25) is 0 Å². The Bertz CT molecular complexity index is 441. The van der Waals surface area contributed by atoms with Crippen LogP contribution in [-0.4, -0.2) is 19.7 Å². The zero-order valence-corrected chi connectivity index (χ0v) is 8.97. The van der Waals surface area contributed by atoms with Crippen LogP contribution in [0.5, 0.6) is 5.75 Å². The zero-order valence-electron chi connectivity index (χ0n) is 8.97. The predicted molar refractivity (Wildman–Crippen MR) is 61.1 cm³/mol. The fraction of sp³-hybridized carbons (Fsp3) is 0.154. The van der Waals surface area contributed by atoms with Gasteiger partial charge in [0.25, 0.3) is 0 Å². The van der Waals surface area contributed by atoms with E-state index >= 15 is 0 Å². The third-order valence-electron chi connectivity index (χ3n) is 2.29. The molecule has 1 heterocycles. The van der Waals surface area contributed by atoms with Gasteiger partial charge in [0.15, 0.2) is 0 Å². The van der Waals surface area contributed by atoms with E-state index in [4.69, 9.17) is 9.47 Å². The summed E-state index contributed by atoms with van der Waals surface area (Å²) in [6.45, 7) is 0.367. The van der Waals surface area contributed by atoms with Crippen molar-refractivity contribution >= 4 is 12.0 Å². The van der Waals surface area contributed by atoms with Gasteiger partial charge in [-0.15, -0.1) is 0 Å². The Morgan fingerprint density at radius 3 is 2.56 bits per heavy atom. The number of hydrogen-bond donors (Lipinski definition) is 0. The summed E-state index contributed by atoms with van der Waals surface area (Å²) in [5.41, 5.74) is 1.95. The van der Waals surface area contributed by atoms with Gasteiger partial charge in [-0.05, 0) is 23.3 Å². The summed E-state index contributed by atoms with van der Waals surface area (Å²) in [5, 5.41) is 0. The molecule has 0 aliphatic carbocycles. The topological polar surface area (TPSA) is 35.5 Å². The first-order valence-corrected chi connectivity index (χ1v) is 4.97. The quantitative estimate of drug-likeness (QED) is 0.726. The molecule has 0 atom stereocenters. The average Bonchev–Trinajstić information content (AvgIpc) is 2.73. The fourth-order valence-electron chi connectivity index (χ4n) is 1.40. The maximum atomic E-state index is 10.8. The Morgan fingerprint density at radius 1 is 1.25 bits per heavy atom. The molecule has 1 aliphatic heterocycles. The summed E-state index contributed by atoms with van der Waals surface area (Å²) < 4.78 is 9.85. The second-order valence-corrected chi connectivity index (χ2v) is 3.43. The van der Waals surface area contributed by atoms with Gasteiger partial charge in [0, 0.05) is 6.08 Å². The van der Waals surface area contributed by atoms with Crippen molar-refractivity contribution in [2.24, 2.45) is 0 Å². The molecule has 0 N–H and O–H groups in total. The highest BCUT2D eigenvalue weighted by Crippen LogP contribution is 2.14. The Hall–Kier alpha value is -2.03. The number of benzene rings is 1. The van der Waals surface area contributed by atoms with Crippen molar-refractivity contribution < 1.29 is 14.3 Å². The van der Waals surface area contributed by atoms with Gasteiger partial charge in [0.1, 0.15) is 12.4 Å². The molecule has 3 nitrogen and oxygen atoms in total. The summed E-state index contributed by atoms with van der Waals surface area (Å²) in [4.78, 5) is 10.8. The second kappa shape index (κ2) is 4.66. The first kappa shape index (κ1) is 10.5. The van der Waals surface area contributed by atoms with Crippen molar-refractivity contribution in [1.29, 1.82) is 0 Å². The molecular formula is C13H12O3. The van der Waals surface area contributed by atoms with E-state index in [0.29, 0.717) is 6.61 Å². The molecule has 0 saturated heterocycles. The minimum absolute atomic E-state index is 0.269. The molecule has 1 aliphatic rings. The third-order valence-corrected chi connectivity index (χ3v) is 2.29. The second-order valence-electron chi connectivity index (χ2n) is 3.43. The highest BCUT2D eigenvalue weighted by atomic mass is 16.5. The van der Waals surface area contributed by atoms with Crippen LogP contribution in [0.15, 0.2) is 42.0 Å². The van der Waals surface area contributed by atoms with Gasteiger partial charge < -0.3 is 9.47 Å². The van der Waals surface area contributed by atoms with Crippen molar-refractivity contribution in [3.63, 3.8) is 0 Å². The average molecular weight is 216 g/mol. The molecule has 3 heteroatoms. The van der Waals surface area contributed by atoms with E-state index in [1.165, 1.54) is 6.08 Å². The van der Waals surface area contributed by atoms with Crippen LogP contribution in [0.25, 0.3) is 6.08 Å². The molecule has 0 bridgehead atoms. The molecule has 16 heavy (non-hydrogen) atoms. The lowest BCUT2D eigenvalue weighted by Gasteiger charge is -1.99. The third kappa shape index (κ3) is 2.51. The van der Waals surface area contributed by atoms with Gasteiger partial charge >= 0.3 is 5.97 Å². The largest absolute Gasteiger partial charge is 0.497 e. The number of carbonyl (C=O) groups is 1. The van der Waals surface area contributed by atoms with Crippen molar-refractivity contribution in [1.82, 2.24) is 0 Å². The normalized spacial score (nSPS) is 15.1. The molecule has 0 spiro atoms. The van der Waals surface area contributed by atoms with Crippen molar-refractivity contribution in [2.75, 3.05) is 13.7 Å². The summed E-state index contributed by atoms with van der Waals surface area (Å²) in [6.07, 6.45) is 5.32. The first-order valence-electron chi connectivity index (χ1n) is 4.97. The molecule has 1 aromatic rings. The van der Waals surface area contributed by atoms with Gasteiger partial charge in [0.05, 0.1) is 7.11 Å². The van der Waals surface area contributed by atoms with Crippen LogP contribution >= 0.6 is 0 Å². The lowest BCUT2D eigenvalue weighted by Crippen LogP contribution is -1.90. The first-order chi connectivity index (χ1) is 7.78. The van der Waals surface area contributed by atoms with Crippen LogP contribution in [0, 0.1) is 0 Å². The lowest BCUT2D eigenvalue weighted by atomic mass is 10.1. The van der Waals surface area contributed by atoms with Gasteiger partial charge in [-0.3, -0.25) is 0 Å². The Morgan fingerprint density at radius 2 is 2.00 bits per heavy atom. The van der Waals surface area contributed by atoms with Crippen LogP contribution in [0.1, 0.15) is 5.56 Å². The summed E-state index contributed by atoms with van der Waals surface area (Å²) >= 11 is 0. The maximum absolute atomic E-state index is 10.8. The minimum atomic E-state index is -0.269. The number of ether oxygens (including phenoxy) is 2. The number of esters is 1. The van der Waals surface area contributed by atoms with E-state index < -0.39 is 0 Å². The van der Waals surface area contributed by atoms with Crippen molar-refractivity contribution in [3.05, 3.63) is 47.6 Å². The van der Waals surface area contributed by atoms with Crippen LogP contribution < -0.4 is 4.74 Å². The summed E-state index contributed by atoms with van der Waals surface area (Å²) in [7, 11) is 1.64. The molecule has 0 aromatic heterocycles. The molecule has 0 radical (unpaired) electrons. The van der Waals surface area contributed by atoms with E-state index in [0.717, 1.165) is 16.9 Å². The van der Waals surface area contributed by atoms with Crippen LogP contribution in [0.4, 0.5) is 0 Å². The molecule has 0 amide bonds. The fourth-order valence-corrected chi connectivity index (χ4v) is 1.40. The summed E-state index contributed by atoms with van der Waals surface area (Å²) in [5.74, 6) is 0.560. The van der Waals surface area contributed by atoms with Crippen LogP contribution in [-0.2, 0) is 9.53 Å². The molecule has 1 aromatic carbocycles. The molecule has 0 fully saturated rings. The lowest BCUT2D eigenvalue weighted by molar-refractivity contribution is -0.134. The highest BCUT2D eigenvalue weighted by molar-refractivity contribution is 5.86. The Balaban J connectivity index is 2.06. The van der Waals surface area contributed by atoms with E-state index in [-0.39, 0.29) is 5.97 Å². The minimum Gasteiger partial charge on any atom is -0.497 e.